The van der Waals surface area contributed by atoms with Crippen LogP contribution in [0.3, 0.4) is 0 Å². The van der Waals surface area contributed by atoms with Gasteiger partial charge in [0, 0.05) is 30.2 Å². The number of nitrogens with zero attached hydrogens (tertiary/aromatic N) is 3. The van der Waals surface area contributed by atoms with Gasteiger partial charge in [0.2, 0.25) is 11.8 Å². The maximum Gasteiger partial charge on any atom is 0.228 e. The Morgan fingerprint density at radius 1 is 1.35 bits per heavy atom. The second-order valence-electron chi connectivity index (χ2n) is 3.70. The number of rotatable bonds is 7. The van der Waals surface area contributed by atoms with Crippen LogP contribution in [-0.2, 0) is 0 Å². The Balaban J connectivity index is 2.85. The van der Waals surface area contributed by atoms with E-state index < -0.39 is 0 Å². The van der Waals surface area contributed by atoms with Gasteiger partial charge in [-0.15, -0.1) is 0 Å². The monoisotopic (exact) mass is 301 g/mol. The fourth-order valence-electron chi connectivity index (χ4n) is 1.54. The van der Waals surface area contributed by atoms with E-state index in [1.807, 2.05) is 19.9 Å². The number of anilines is 1. The molecule has 0 bridgehead atoms. The molecule has 0 radical (unpaired) electrons. The summed E-state index contributed by atoms with van der Waals surface area (Å²) in [5.41, 5.74) is 0.941. The first-order chi connectivity index (χ1) is 8.21. The zero-order chi connectivity index (χ0) is 12.7. The molecule has 96 valence electrons. The van der Waals surface area contributed by atoms with Crippen molar-refractivity contribution >= 4 is 21.9 Å². The number of ether oxygens (including phenoxy) is 1. The lowest BCUT2D eigenvalue weighted by Gasteiger charge is -2.21. The van der Waals surface area contributed by atoms with E-state index in [2.05, 4.69) is 37.7 Å². The van der Waals surface area contributed by atoms with Gasteiger partial charge in [-0.1, -0.05) is 15.9 Å². The van der Waals surface area contributed by atoms with Crippen LogP contribution in [0.4, 0.5) is 5.95 Å². The van der Waals surface area contributed by atoms with Gasteiger partial charge in [0.05, 0.1) is 6.61 Å². The summed E-state index contributed by atoms with van der Waals surface area (Å²) in [4.78, 5) is 11.0. The molecule has 17 heavy (non-hydrogen) atoms. The molecule has 0 aliphatic rings. The standard InChI is InChI=1S/C12H20BrN3O/c1-4-16(8-6-7-13)12-14-10(3)9-11(15-12)17-5-2/h9H,4-8H2,1-3H3. The highest BCUT2D eigenvalue weighted by Crippen LogP contribution is 2.15. The molecule has 1 aromatic heterocycles. The highest BCUT2D eigenvalue weighted by Gasteiger charge is 2.09. The maximum absolute atomic E-state index is 5.44. The van der Waals surface area contributed by atoms with Crippen LogP contribution in [-0.4, -0.2) is 35.0 Å². The van der Waals surface area contributed by atoms with E-state index >= 15 is 0 Å². The molecule has 1 aromatic rings. The van der Waals surface area contributed by atoms with Crippen LogP contribution in [0.5, 0.6) is 5.88 Å². The molecule has 0 aliphatic carbocycles. The van der Waals surface area contributed by atoms with Gasteiger partial charge in [0.15, 0.2) is 0 Å². The van der Waals surface area contributed by atoms with Crippen LogP contribution in [0.25, 0.3) is 0 Å². The largest absolute Gasteiger partial charge is 0.478 e. The van der Waals surface area contributed by atoms with E-state index in [1.165, 1.54) is 0 Å². The molecule has 0 amide bonds. The Morgan fingerprint density at radius 3 is 2.71 bits per heavy atom. The molecule has 0 fully saturated rings. The minimum Gasteiger partial charge on any atom is -0.478 e. The summed E-state index contributed by atoms with van der Waals surface area (Å²) in [6.07, 6.45) is 1.08. The summed E-state index contributed by atoms with van der Waals surface area (Å²) in [6, 6.07) is 1.87. The van der Waals surface area contributed by atoms with Gasteiger partial charge < -0.3 is 9.64 Å². The Kier molecular flexibility index (Phi) is 6.26. The molecule has 0 aliphatic heterocycles. The molecule has 1 heterocycles. The summed E-state index contributed by atoms with van der Waals surface area (Å²) < 4.78 is 5.44. The third-order valence-corrected chi connectivity index (χ3v) is 2.90. The lowest BCUT2D eigenvalue weighted by Crippen LogP contribution is -2.26. The fourth-order valence-corrected chi connectivity index (χ4v) is 1.79. The van der Waals surface area contributed by atoms with Gasteiger partial charge in [0.25, 0.3) is 0 Å². The molecule has 0 saturated carbocycles. The second-order valence-corrected chi connectivity index (χ2v) is 4.50. The maximum atomic E-state index is 5.44. The molecule has 0 unspecified atom stereocenters. The zero-order valence-electron chi connectivity index (χ0n) is 10.7. The van der Waals surface area contributed by atoms with Gasteiger partial charge in [-0.3, -0.25) is 0 Å². The van der Waals surface area contributed by atoms with Crippen molar-refractivity contribution in [2.75, 3.05) is 29.9 Å². The topological polar surface area (TPSA) is 38.2 Å². The van der Waals surface area contributed by atoms with Crippen molar-refractivity contribution in [3.05, 3.63) is 11.8 Å². The quantitative estimate of drug-likeness (QED) is 0.726. The molecule has 5 heteroatoms. The predicted octanol–water partition coefficient (Wildman–Crippen LogP) is 2.80. The smallest absolute Gasteiger partial charge is 0.228 e. The van der Waals surface area contributed by atoms with E-state index in [9.17, 15) is 0 Å². The van der Waals surface area contributed by atoms with Crippen molar-refractivity contribution < 1.29 is 4.74 Å². The zero-order valence-corrected chi connectivity index (χ0v) is 12.3. The van der Waals surface area contributed by atoms with Crippen LogP contribution in [0.2, 0.25) is 0 Å². The summed E-state index contributed by atoms with van der Waals surface area (Å²) in [5, 5.41) is 0.994. The molecule has 0 N–H and O–H groups in total. The van der Waals surface area contributed by atoms with Crippen molar-refractivity contribution in [3.8, 4) is 5.88 Å². The van der Waals surface area contributed by atoms with Gasteiger partial charge in [-0.25, -0.2) is 4.98 Å². The number of hydrogen-bond donors (Lipinski definition) is 0. The minimum atomic E-state index is 0.628. The molecule has 0 atom stereocenters. The molecule has 1 rings (SSSR count). The van der Waals surface area contributed by atoms with Gasteiger partial charge in [-0.2, -0.15) is 4.98 Å². The molecule has 0 spiro atoms. The summed E-state index contributed by atoms with van der Waals surface area (Å²) in [5.74, 6) is 1.42. The number of aryl methyl sites for hydroxylation is 1. The fraction of sp³-hybridized carbons (Fsp3) is 0.667. The van der Waals surface area contributed by atoms with Crippen molar-refractivity contribution in [2.45, 2.75) is 27.2 Å². The molecule has 4 nitrogen and oxygen atoms in total. The lowest BCUT2D eigenvalue weighted by molar-refractivity contribution is 0.326. The summed E-state index contributed by atoms with van der Waals surface area (Å²) in [6.45, 7) is 8.52. The number of aromatic nitrogens is 2. The first kappa shape index (κ1) is 14.2. The summed E-state index contributed by atoms with van der Waals surface area (Å²) >= 11 is 3.44. The van der Waals surface area contributed by atoms with Crippen molar-refractivity contribution in [1.29, 1.82) is 0 Å². The van der Waals surface area contributed by atoms with Crippen molar-refractivity contribution in [1.82, 2.24) is 9.97 Å². The van der Waals surface area contributed by atoms with Crippen LogP contribution in [0, 0.1) is 6.92 Å². The normalized spacial score (nSPS) is 10.4. The van der Waals surface area contributed by atoms with Gasteiger partial charge in [0.1, 0.15) is 0 Å². The Bertz CT molecular complexity index is 347. The number of halogens is 1. The van der Waals surface area contributed by atoms with Crippen LogP contribution >= 0.6 is 15.9 Å². The Morgan fingerprint density at radius 2 is 2.12 bits per heavy atom. The Labute approximate surface area is 112 Å². The van der Waals surface area contributed by atoms with Crippen LogP contribution in [0.15, 0.2) is 6.07 Å². The second kappa shape index (κ2) is 7.48. The van der Waals surface area contributed by atoms with Gasteiger partial charge >= 0.3 is 0 Å². The SMILES string of the molecule is CCOc1cc(C)nc(N(CC)CCCBr)n1. The van der Waals surface area contributed by atoms with Gasteiger partial charge in [-0.05, 0) is 27.2 Å². The lowest BCUT2D eigenvalue weighted by atomic mass is 10.4. The van der Waals surface area contributed by atoms with E-state index in [1.54, 1.807) is 0 Å². The van der Waals surface area contributed by atoms with Crippen LogP contribution < -0.4 is 9.64 Å². The minimum absolute atomic E-state index is 0.628. The third kappa shape index (κ3) is 4.50. The van der Waals surface area contributed by atoms with Crippen molar-refractivity contribution in [2.24, 2.45) is 0 Å². The Hall–Kier alpha value is -0.840. The average Bonchev–Trinajstić information content (AvgIpc) is 2.30. The summed E-state index contributed by atoms with van der Waals surface area (Å²) in [7, 11) is 0. The highest BCUT2D eigenvalue weighted by atomic mass is 79.9. The van der Waals surface area contributed by atoms with Crippen molar-refractivity contribution in [3.63, 3.8) is 0 Å². The number of alkyl halides is 1. The predicted molar refractivity (Wildman–Crippen MR) is 74.2 cm³/mol. The number of hydrogen-bond acceptors (Lipinski definition) is 4. The molecule has 0 saturated heterocycles. The van der Waals surface area contributed by atoms with E-state index in [4.69, 9.17) is 4.74 Å². The molecular formula is C12H20BrN3O. The third-order valence-electron chi connectivity index (χ3n) is 2.34. The van der Waals surface area contributed by atoms with Crippen LogP contribution in [0.1, 0.15) is 26.0 Å². The van der Waals surface area contributed by atoms with E-state index in [0.717, 1.165) is 36.5 Å². The molecular weight excluding hydrogens is 282 g/mol. The first-order valence-corrected chi connectivity index (χ1v) is 7.12. The van der Waals surface area contributed by atoms with E-state index in [0.29, 0.717) is 12.5 Å². The first-order valence-electron chi connectivity index (χ1n) is 6.00. The van der Waals surface area contributed by atoms with E-state index in [-0.39, 0.29) is 0 Å². The highest BCUT2D eigenvalue weighted by molar-refractivity contribution is 9.09. The average molecular weight is 302 g/mol. The molecule has 0 aromatic carbocycles.